The van der Waals surface area contributed by atoms with Crippen molar-refractivity contribution in [1.82, 2.24) is 19.7 Å². The molecule has 0 amide bonds. The molecule has 0 saturated heterocycles. The Labute approximate surface area is 82.6 Å². The summed E-state index contributed by atoms with van der Waals surface area (Å²) in [6.07, 6.45) is 3.76. The van der Waals surface area contributed by atoms with E-state index in [1.54, 1.807) is 4.68 Å². The molecule has 0 fully saturated rings. The Hall–Kier alpha value is -1.71. The lowest BCUT2D eigenvalue weighted by Crippen LogP contribution is -2.02. The fourth-order valence-corrected chi connectivity index (χ4v) is 1.35. The van der Waals surface area contributed by atoms with Crippen LogP contribution in [0.2, 0.25) is 0 Å². The Morgan fingerprint density at radius 3 is 2.50 bits per heavy atom. The number of aromatic nitrogens is 4. The maximum atomic E-state index is 4.31. The predicted molar refractivity (Wildman–Crippen MR) is 53.4 cm³/mol. The molecule has 0 unspecified atom stereocenters. The normalized spacial score (nSPS) is 10.5. The van der Waals surface area contributed by atoms with Crippen molar-refractivity contribution in [2.75, 3.05) is 0 Å². The average Bonchev–Trinajstić information content (AvgIpc) is 2.50. The summed E-state index contributed by atoms with van der Waals surface area (Å²) in [5.41, 5.74) is 2.08. The van der Waals surface area contributed by atoms with Crippen LogP contribution in [0.4, 0.5) is 0 Å². The lowest BCUT2D eigenvalue weighted by atomic mass is 10.4. The zero-order chi connectivity index (χ0) is 10.1. The zero-order valence-electron chi connectivity index (χ0n) is 8.52. The third kappa shape index (κ3) is 1.64. The van der Waals surface area contributed by atoms with Gasteiger partial charge < -0.3 is 0 Å². The lowest BCUT2D eigenvalue weighted by molar-refractivity contribution is 0.822. The SMILES string of the molecule is Cc1cnn(-c2cc(C)nc(C)n2)c1. The van der Waals surface area contributed by atoms with Crippen molar-refractivity contribution >= 4 is 0 Å². The van der Waals surface area contributed by atoms with E-state index < -0.39 is 0 Å². The van der Waals surface area contributed by atoms with Gasteiger partial charge in [-0.15, -0.1) is 0 Å². The van der Waals surface area contributed by atoms with Crippen LogP contribution in [-0.4, -0.2) is 19.7 Å². The van der Waals surface area contributed by atoms with Crippen molar-refractivity contribution in [2.45, 2.75) is 20.8 Å². The van der Waals surface area contributed by atoms with Crippen molar-refractivity contribution in [3.63, 3.8) is 0 Å². The summed E-state index contributed by atoms with van der Waals surface area (Å²) in [7, 11) is 0. The summed E-state index contributed by atoms with van der Waals surface area (Å²) < 4.78 is 1.76. The number of aryl methyl sites for hydroxylation is 3. The number of hydrogen-bond acceptors (Lipinski definition) is 3. The second-order valence-electron chi connectivity index (χ2n) is 3.38. The third-order valence-electron chi connectivity index (χ3n) is 1.90. The van der Waals surface area contributed by atoms with Crippen LogP contribution in [0.25, 0.3) is 5.82 Å². The highest BCUT2D eigenvalue weighted by Crippen LogP contribution is 2.06. The second-order valence-corrected chi connectivity index (χ2v) is 3.38. The van der Waals surface area contributed by atoms with Gasteiger partial charge in [-0.3, -0.25) is 0 Å². The highest BCUT2D eigenvalue weighted by Gasteiger charge is 2.01. The summed E-state index contributed by atoms with van der Waals surface area (Å²) in [6.45, 7) is 5.84. The van der Waals surface area contributed by atoms with Crippen LogP contribution in [0.1, 0.15) is 17.1 Å². The maximum absolute atomic E-state index is 4.31. The monoisotopic (exact) mass is 188 g/mol. The molecule has 0 aromatic carbocycles. The lowest BCUT2D eigenvalue weighted by Gasteiger charge is -2.02. The first-order valence-electron chi connectivity index (χ1n) is 4.49. The molecule has 4 heteroatoms. The topological polar surface area (TPSA) is 43.6 Å². The van der Waals surface area contributed by atoms with Gasteiger partial charge >= 0.3 is 0 Å². The van der Waals surface area contributed by atoms with Crippen molar-refractivity contribution in [3.05, 3.63) is 35.5 Å². The fourth-order valence-electron chi connectivity index (χ4n) is 1.35. The van der Waals surface area contributed by atoms with Crippen LogP contribution in [0.15, 0.2) is 18.5 Å². The van der Waals surface area contributed by atoms with E-state index in [1.165, 1.54) is 0 Å². The quantitative estimate of drug-likeness (QED) is 0.682. The summed E-state index contributed by atoms with van der Waals surface area (Å²) in [5, 5.41) is 4.19. The zero-order valence-corrected chi connectivity index (χ0v) is 8.52. The van der Waals surface area contributed by atoms with Crippen LogP contribution in [0, 0.1) is 20.8 Å². The standard InChI is InChI=1S/C10H12N4/c1-7-5-11-14(6-7)10-4-8(2)12-9(3)13-10/h4-6H,1-3H3. The first-order valence-corrected chi connectivity index (χ1v) is 4.49. The molecule has 72 valence electrons. The molecule has 0 bridgehead atoms. The minimum absolute atomic E-state index is 0.771. The van der Waals surface area contributed by atoms with Gasteiger partial charge in [-0.1, -0.05) is 0 Å². The highest BCUT2D eigenvalue weighted by atomic mass is 15.3. The Morgan fingerprint density at radius 1 is 1.14 bits per heavy atom. The van der Waals surface area contributed by atoms with E-state index in [0.29, 0.717) is 0 Å². The van der Waals surface area contributed by atoms with Crippen LogP contribution in [0.3, 0.4) is 0 Å². The summed E-state index contributed by atoms with van der Waals surface area (Å²) >= 11 is 0. The molecule has 0 N–H and O–H groups in total. The molecule has 14 heavy (non-hydrogen) atoms. The van der Waals surface area contributed by atoms with Gasteiger partial charge in [0.15, 0.2) is 5.82 Å². The molecule has 4 nitrogen and oxygen atoms in total. The number of hydrogen-bond donors (Lipinski definition) is 0. The van der Waals surface area contributed by atoms with Gasteiger partial charge in [-0.2, -0.15) is 5.10 Å². The molecule has 0 saturated carbocycles. The van der Waals surface area contributed by atoms with E-state index in [1.807, 2.05) is 39.2 Å². The molecule has 2 heterocycles. The fraction of sp³-hybridized carbons (Fsp3) is 0.300. The Bertz CT molecular complexity index is 439. The molecular weight excluding hydrogens is 176 g/mol. The molecule has 0 spiro atoms. The van der Waals surface area contributed by atoms with Gasteiger partial charge in [0.25, 0.3) is 0 Å². The number of rotatable bonds is 1. The van der Waals surface area contributed by atoms with Crippen molar-refractivity contribution in [3.8, 4) is 5.82 Å². The molecule has 0 aliphatic carbocycles. The summed E-state index contributed by atoms with van der Waals surface area (Å²) in [4.78, 5) is 8.52. The Morgan fingerprint density at radius 2 is 1.93 bits per heavy atom. The predicted octanol–water partition coefficient (Wildman–Crippen LogP) is 1.59. The minimum atomic E-state index is 0.771. The average molecular weight is 188 g/mol. The van der Waals surface area contributed by atoms with E-state index in [9.17, 15) is 0 Å². The molecular formula is C10H12N4. The second kappa shape index (κ2) is 3.21. The van der Waals surface area contributed by atoms with Gasteiger partial charge in [-0.05, 0) is 26.3 Å². The summed E-state index contributed by atoms with van der Waals surface area (Å²) in [6, 6.07) is 1.92. The molecule has 0 aliphatic rings. The molecule has 0 radical (unpaired) electrons. The largest absolute Gasteiger partial charge is 0.238 e. The van der Waals surface area contributed by atoms with Crippen molar-refractivity contribution in [1.29, 1.82) is 0 Å². The van der Waals surface area contributed by atoms with E-state index in [4.69, 9.17) is 0 Å². The number of nitrogens with zero attached hydrogens (tertiary/aromatic N) is 4. The van der Waals surface area contributed by atoms with Gasteiger partial charge in [0.1, 0.15) is 5.82 Å². The highest BCUT2D eigenvalue weighted by molar-refractivity contribution is 5.24. The first-order chi connectivity index (χ1) is 6.65. The van der Waals surface area contributed by atoms with Crippen molar-refractivity contribution in [2.24, 2.45) is 0 Å². The van der Waals surface area contributed by atoms with Crippen LogP contribution in [-0.2, 0) is 0 Å². The van der Waals surface area contributed by atoms with E-state index in [0.717, 1.165) is 22.9 Å². The Balaban J connectivity index is 2.51. The van der Waals surface area contributed by atoms with E-state index in [-0.39, 0.29) is 0 Å². The van der Waals surface area contributed by atoms with E-state index >= 15 is 0 Å². The van der Waals surface area contributed by atoms with Gasteiger partial charge in [0.05, 0.1) is 6.20 Å². The smallest absolute Gasteiger partial charge is 0.157 e. The van der Waals surface area contributed by atoms with Crippen LogP contribution in [0.5, 0.6) is 0 Å². The van der Waals surface area contributed by atoms with Gasteiger partial charge in [-0.25, -0.2) is 14.6 Å². The van der Waals surface area contributed by atoms with Gasteiger partial charge in [0.2, 0.25) is 0 Å². The van der Waals surface area contributed by atoms with Gasteiger partial charge in [0, 0.05) is 18.0 Å². The van der Waals surface area contributed by atoms with Crippen LogP contribution >= 0.6 is 0 Å². The molecule has 0 aliphatic heterocycles. The van der Waals surface area contributed by atoms with Crippen molar-refractivity contribution < 1.29 is 0 Å². The first kappa shape index (κ1) is 8.87. The third-order valence-corrected chi connectivity index (χ3v) is 1.90. The van der Waals surface area contributed by atoms with E-state index in [2.05, 4.69) is 15.1 Å². The molecule has 2 aromatic heterocycles. The Kier molecular flexibility index (Phi) is 2.04. The molecule has 0 atom stereocenters. The summed E-state index contributed by atoms with van der Waals surface area (Å²) in [5.74, 6) is 1.59. The molecule has 2 aromatic rings. The minimum Gasteiger partial charge on any atom is -0.238 e. The molecule has 2 rings (SSSR count). The maximum Gasteiger partial charge on any atom is 0.157 e. The van der Waals surface area contributed by atoms with Crippen LogP contribution < -0.4 is 0 Å².